The monoisotopic (exact) mass is 287 g/mol. The predicted molar refractivity (Wildman–Crippen MR) is 77.0 cm³/mol. The van der Waals surface area contributed by atoms with Gasteiger partial charge in [0.1, 0.15) is 11.1 Å². The number of rotatable bonds is 4. The van der Waals surface area contributed by atoms with Crippen molar-refractivity contribution in [2.45, 2.75) is 38.1 Å². The molecule has 21 heavy (non-hydrogen) atoms. The van der Waals surface area contributed by atoms with E-state index in [0.717, 1.165) is 28.5 Å². The molecule has 5 nitrogen and oxygen atoms in total. The lowest BCUT2D eigenvalue weighted by molar-refractivity contribution is -0.151. The van der Waals surface area contributed by atoms with Gasteiger partial charge in [-0.2, -0.15) is 0 Å². The molecule has 2 N–H and O–H groups in total. The number of furan rings is 1. The number of carbonyl (C=O) groups is 2. The van der Waals surface area contributed by atoms with E-state index in [-0.39, 0.29) is 12.3 Å². The Labute approximate surface area is 121 Å². The zero-order valence-corrected chi connectivity index (χ0v) is 11.8. The van der Waals surface area contributed by atoms with Gasteiger partial charge in [0, 0.05) is 10.9 Å². The molecule has 0 aliphatic heterocycles. The smallest absolute Gasteiger partial charge is 0.329 e. The fourth-order valence-corrected chi connectivity index (χ4v) is 2.73. The molecule has 1 saturated carbocycles. The minimum absolute atomic E-state index is 0.130. The highest BCUT2D eigenvalue weighted by molar-refractivity contribution is 5.91. The molecule has 0 unspecified atom stereocenters. The molecule has 1 aromatic heterocycles. The van der Waals surface area contributed by atoms with Gasteiger partial charge in [-0.05, 0) is 37.8 Å². The van der Waals surface area contributed by atoms with Crippen LogP contribution in [-0.2, 0) is 16.0 Å². The summed E-state index contributed by atoms with van der Waals surface area (Å²) in [4.78, 5) is 23.4. The summed E-state index contributed by atoms with van der Waals surface area (Å²) in [5, 5.41) is 12.8. The van der Waals surface area contributed by atoms with Crippen LogP contribution >= 0.6 is 0 Å². The average molecular weight is 287 g/mol. The number of fused-ring (bicyclic) bond motifs is 1. The van der Waals surface area contributed by atoms with Crippen LogP contribution in [0, 0.1) is 6.92 Å². The van der Waals surface area contributed by atoms with Gasteiger partial charge in [0.15, 0.2) is 0 Å². The lowest BCUT2D eigenvalue weighted by Crippen LogP contribution is -2.59. The highest BCUT2D eigenvalue weighted by atomic mass is 16.4. The molecule has 3 rings (SSSR count). The summed E-state index contributed by atoms with van der Waals surface area (Å²) in [6.45, 7) is 1.97. The maximum atomic E-state index is 12.1. The van der Waals surface area contributed by atoms with E-state index in [1.165, 1.54) is 0 Å². The van der Waals surface area contributed by atoms with Gasteiger partial charge in [-0.3, -0.25) is 4.79 Å². The number of carboxylic acids is 1. The summed E-state index contributed by atoms with van der Waals surface area (Å²) >= 11 is 0. The van der Waals surface area contributed by atoms with Gasteiger partial charge in [0.05, 0.1) is 12.7 Å². The van der Waals surface area contributed by atoms with Gasteiger partial charge in [0.25, 0.3) is 0 Å². The van der Waals surface area contributed by atoms with Gasteiger partial charge in [-0.15, -0.1) is 0 Å². The summed E-state index contributed by atoms with van der Waals surface area (Å²) in [5.41, 5.74) is 1.55. The molecule has 1 fully saturated rings. The van der Waals surface area contributed by atoms with Crippen molar-refractivity contribution in [2.75, 3.05) is 0 Å². The first-order valence-electron chi connectivity index (χ1n) is 7.01. The zero-order valence-electron chi connectivity index (χ0n) is 11.8. The van der Waals surface area contributed by atoms with E-state index in [0.29, 0.717) is 12.8 Å². The molecular weight excluding hydrogens is 270 g/mol. The standard InChI is InChI=1S/C16H17NO4/c1-10-3-4-12-11(9-21-13(12)7-10)8-14(18)17-16(15(19)20)5-2-6-16/h3-4,7,9H,2,5-6,8H2,1H3,(H,17,18)(H,19,20). The van der Waals surface area contributed by atoms with Crippen molar-refractivity contribution in [2.24, 2.45) is 0 Å². The summed E-state index contributed by atoms with van der Waals surface area (Å²) in [5.74, 6) is -1.23. The molecule has 0 bridgehead atoms. The van der Waals surface area contributed by atoms with Crippen LogP contribution in [0.3, 0.4) is 0 Å². The van der Waals surface area contributed by atoms with Gasteiger partial charge in [-0.25, -0.2) is 4.79 Å². The van der Waals surface area contributed by atoms with Crippen molar-refractivity contribution in [3.8, 4) is 0 Å². The maximum Gasteiger partial charge on any atom is 0.329 e. The number of nitrogens with one attached hydrogen (secondary N) is 1. The maximum absolute atomic E-state index is 12.1. The first kappa shape index (κ1) is 13.7. The van der Waals surface area contributed by atoms with E-state index in [2.05, 4.69) is 5.32 Å². The van der Waals surface area contributed by atoms with Gasteiger partial charge < -0.3 is 14.8 Å². The van der Waals surface area contributed by atoms with Gasteiger partial charge in [0.2, 0.25) is 5.91 Å². The number of aryl methyl sites for hydroxylation is 1. The molecule has 1 heterocycles. The van der Waals surface area contributed by atoms with Crippen molar-refractivity contribution >= 4 is 22.8 Å². The second-order valence-corrected chi connectivity index (χ2v) is 5.73. The van der Waals surface area contributed by atoms with Crippen molar-refractivity contribution in [3.05, 3.63) is 35.6 Å². The van der Waals surface area contributed by atoms with Crippen LogP contribution in [0.1, 0.15) is 30.4 Å². The molecule has 1 aliphatic rings. The van der Waals surface area contributed by atoms with Crippen LogP contribution in [0.25, 0.3) is 11.0 Å². The molecular formula is C16H17NO4. The van der Waals surface area contributed by atoms with Crippen LogP contribution in [0.2, 0.25) is 0 Å². The third kappa shape index (κ3) is 2.39. The molecule has 1 aromatic carbocycles. The first-order valence-corrected chi connectivity index (χ1v) is 7.01. The third-order valence-electron chi connectivity index (χ3n) is 4.16. The fraction of sp³-hybridized carbons (Fsp3) is 0.375. The number of hydrogen-bond donors (Lipinski definition) is 2. The molecule has 0 atom stereocenters. The van der Waals surface area contributed by atoms with Crippen LogP contribution in [0.5, 0.6) is 0 Å². The first-order chi connectivity index (χ1) is 10.00. The normalized spacial score (nSPS) is 16.4. The topological polar surface area (TPSA) is 79.5 Å². The van der Waals surface area contributed by atoms with E-state index < -0.39 is 11.5 Å². The Morgan fingerprint density at radius 2 is 2.14 bits per heavy atom. The molecule has 5 heteroatoms. The number of aliphatic carboxylic acids is 1. The number of benzene rings is 1. The third-order valence-corrected chi connectivity index (χ3v) is 4.16. The largest absolute Gasteiger partial charge is 0.480 e. The van der Waals surface area contributed by atoms with Crippen LogP contribution in [0.4, 0.5) is 0 Å². The Hall–Kier alpha value is -2.30. The van der Waals surface area contributed by atoms with Crippen molar-refractivity contribution < 1.29 is 19.1 Å². The zero-order chi connectivity index (χ0) is 15.0. The van der Waals surface area contributed by atoms with Crippen molar-refractivity contribution in [1.29, 1.82) is 0 Å². The second-order valence-electron chi connectivity index (χ2n) is 5.73. The van der Waals surface area contributed by atoms with Crippen LogP contribution in [0.15, 0.2) is 28.9 Å². The Kier molecular flexibility index (Phi) is 3.20. The lowest BCUT2D eigenvalue weighted by atomic mass is 9.76. The molecule has 2 aromatic rings. The van der Waals surface area contributed by atoms with E-state index in [4.69, 9.17) is 4.42 Å². The molecule has 110 valence electrons. The molecule has 0 spiro atoms. The molecule has 1 aliphatic carbocycles. The minimum atomic E-state index is -1.06. The molecule has 0 saturated heterocycles. The number of amides is 1. The SMILES string of the molecule is Cc1ccc2c(CC(=O)NC3(C(=O)O)CCC3)coc2c1. The molecule has 1 amide bonds. The van der Waals surface area contributed by atoms with E-state index in [1.807, 2.05) is 25.1 Å². The summed E-state index contributed by atoms with van der Waals surface area (Å²) in [6.07, 6.45) is 3.53. The van der Waals surface area contributed by atoms with Crippen molar-refractivity contribution in [1.82, 2.24) is 5.32 Å². The average Bonchev–Trinajstić information content (AvgIpc) is 2.75. The lowest BCUT2D eigenvalue weighted by Gasteiger charge is -2.38. The molecule has 0 radical (unpaired) electrons. The Morgan fingerprint density at radius 1 is 1.38 bits per heavy atom. The Bertz CT molecular complexity index is 712. The van der Waals surface area contributed by atoms with E-state index in [9.17, 15) is 14.7 Å². The highest BCUT2D eigenvalue weighted by Crippen LogP contribution is 2.32. The Morgan fingerprint density at radius 3 is 2.76 bits per heavy atom. The van der Waals surface area contributed by atoms with Gasteiger partial charge >= 0.3 is 5.97 Å². The second kappa shape index (κ2) is 4.91. The Balaban J connectivity index is 1.76. The summed E-state index contributed by atoms with van der Waals surface area (Å²) in [7, 11) is 0. The van der Waals surface area contributed by atoms with Gasteiger partial charge in [-0.1, -0.05) is 12.1 Å². The number of hydrogen-bond acceptors (Lipinski definition) is 3. The summed E-state index contributed by atoms with van der Waals surface area (Å²) in [6, 6.07) is 5.80. The summed E-state index contributed by atoms with van der Waals surface area (Å²) < 4.78 is 5.45. The van der Waals surface area contributed by atoms with Crippen LogP contribution in [-0.4, -0.2) is 22.5 Å². The van der Waals surface area contributed by atoms with E-state index in [1.54, 1.807) is 6.26 Å². The van der Waals surface area contributed by atoms with E-state index >= 15 is 0 Å². The van der Waals surface area contributed by atoms with Crippen molar-refractivity contribution in [3.63, 3.8) is 0 Å². The number of carboxylic acid groups (broad SMARTS) is 1. The highest BCUT2D eigenvalue weighted by Gasteiger charge is 2.45. The fourth-order valence-electron chi connectivity index (χ4n) is 2.73. The van der Waals surface area contributed by atoms with Crippen LogP contribution < -0.4 is 5.32 Å². The quantitative estimate of drug-likeness (QED) is 0.905. The number of carbonyl (C=O) groups excluding carboxylic acids is 1. The predicted octanol–water partition coefficient (Wildman–Crippen LogP) is 2.41. The minimum Gasteiger partial charge on any atom is -0.480 e.